The van der Waals surface area contributed by atoms with Crippen molar-refractivity contribution in [2.24, 2.45) is 0 Å². The van der Waals surface area contributed by atoms with Gasteiger partial charge in [-0.25, -0.2) is 4.98 Å². The highest BCUT2D eigenvalue weighted by molar-refractivity contribution is 7.19. The van der Waals surface area contributed by atoms with E-state index in [1.807, 2.05) is 31.2 Å². The monoisotopic (exact) mass is 397 g/mol. The van der Waals surface area contributed by atoms with Crippen molar-refractivity contribution in [2.45, 2.75) is 19.1 Å². The Morgan fingerprint density at radius 3 is 2.88 bits per heavy atom. The predicted octanol–water partition coefficient (Wildman–Crippen LogP) is 3.01. The van der Waals surface area contributed by atoms with Crippen molar-refractivity contribution in [1.82, 2.24) is 14.9 Å². The Balaban J connectivity index is 0.00000182. The van der Waals surface area contributed by atoms with Gasteiger partial charge in [-0.3, -0.25) is 9.36 Å². The second-order valence-electron chi connectivity index (χ2n) is 5.97. The SMILES string of the molecule is Cc1sc2ncn([C@@H]3CNC[C@H]3O)c(=O)c2c1-c1cccc(Cl)c1.Cl. The van der Waals surface area contributed by atoms with Crippen molar-refractivity contribution in [3.63, 3.8) is 0 Å². The van der Waals surface area contributed by atoms with E-state index in [-0.39, 0.29) is 24.0 Å². The number of thiophene rings is 1. The Labute approximate surface area is 159 Å². The summed E-state index contributed by atoms with van der Waals surface area (Å²) in [4.78, 5) is 19.3. The van der Waals surface area contributed by atoms with Crippen LogP contribution in [0.3, 0.4) is 0 Å². The Morgan fingerprint density at radius 1 is 1.40 bits per heavy atom. The van der Waals surface area contributed by atoms with E-state index in [9.17, 15) is 9.90 Å². The Bertz CT molecular complexity index is 986. The fraction of sp³-hybridized carbons (Fsp3) is 0.294. The fourth-order valence-corrected chi connectivity index (χ4v) is 4.47. The standard InChI is InChI=1S/C17H16ClN3O2S.ClH/c1-9-14(10-3-2-4-11(18)5-10)15-16(24-9)20-8-21(17(15)23)12-6-19-7-13(12)22;/h2-5,8,12-13,19,22H,6-7H2,1H3;1H/t12-,13-;/m1./s1. The summed E-state index contributed by atoms with van der Waals surface area (Å²) < 4.78 is 1.55. The summed E-state index contributed by atoms with van der Waals surface area (Å²) in [5, 5.41) is 14.4. The third-order valence-corrected chi connectivity index (χ3v) is 5.68. The van der Waals surface area contributed by atoms with Gasteiger partial charge in [0.25, 0.3) is 5.56 Å². The lowest BCUT2D eigenvalue weighted by Crippen LogP contribution is -2.31. The van der Waals surface area contributed by atoms with Crippen molar-refractivity contribution in [2.75, 3.05) is 13.1 Å². The number of halogens is 2. The molecule has 3 heterocycles. The first-order valence-corrected chi connectivity index (χ1v) is 8.90. The van der Waals surface area contributed by atoms with E-state index in [1.54, 1.807) is 10.9 Å². The first kappa shape index (κ1) is 18.4. The zero-order chi connectivity index (χ0) is 16.8. The maximum absolute atomic E-state index is 13.1. The Hall–Kier alpha value is -1.44. The van der Waals surface area contributed by atoms with Crippen LogP contribution in [0.25, 0.3) is 21.3 Å². The zero-order valence-corrected chi connectivity index (χ0v) is 15.8. The smallest absolute Gasteiger partial charge is 0.263 e. The predicted molar refractivity (Wildman–Crippen MR) is 104 cm³/mol. The van der Waals surface area contributed by atoms with E-state index in [0.717, 1.165) is 16.0 Å². The second-order valence-corrected chi connectivity index (χ2v) is 7.61. The quantitative estimate of drug-likeness (QED) is 0.697. The van der Waals surface area contributed by atoms with Crippen molar-refractivity contribution in [1.29, 1.82) is 0 Å². The molecule has 1 aliphatic heterocycles. The fourth-order valence-electron chi connectivity index (χ4n) is 3.28. The molecule has 1 aromatic carbocycles. The summed E-state index contributed by atoms with van der Waals surface area (Å²) in [6.07, 6.45) is 0.958. The normalized spacial score (nSPS) is 20.0. The average Bonchev–Trinajstić information content (AvgIpc) is 3.11. The van der Waals surface area contributed by atoms with Gasteiger partial charge < -0.3 is 10.4 Å². The molecule has 1 saturated heterocycles. The minimum Gasteiger partial charge on any atom is -0.390 e. The molecule has 0 aliphatic carbocycles. The summed E-state index contributed by atoms with van der Waals surface area (Å²) in [7, 11) is 0. The molecule has 1 aliphatic rings. The van der Waals surface area contributed by atoms with Crippen LogP contribution < -0.4 is 10.9 Å². The number of aliphatic hydroxyl groups is 1. The van der Waals surface area contributed by atoms with Crippen molar-refractivity contribution < 1.29 is 5.11 Å². The number of nitrogens with zero attached hydrogens (tertiary/aromatic N) is 2. The summed E-state index contributed by atoms with van der Waals surface area (Å²) in [5.74, 6) is 0. The van der Waals surface area contributed by atoms with Crippen LogP contribution in [0.1, 0.15) is 10.9 Å². The number of hydrogen-bond donors (Lipinski definition) is 2. The molecule has 0 radical (unpaired) electrons. The highest BCUT2D eigenvalue weighted by atomic mass is 35.5. The number of benzene rings is 1. The first-order valence-electron chi connectivity index (χ1n) is 7.71. The van der Waals surface area contributed by atoms with Crippen LogP contribution in [-0.4, -0.2) is 33.9 Å². The molecule has 4 rings (SSSR count). The first-order chi connectivity index (χ1) is 11.6. The van der Waals surface area contributed by atoms with Gasteiger partial charge in [0.15, 0.2) is 0 Å². The number of rotatable bonds is 2. The van der Waals surface area contributed by atoms with Gasteiger partial charge in [-0.1, -0.05) is 23.7 Å². The molecule has 0 unspecified atom stereocenters. The van der Waals surface area contributed by atoms with Gasteiger partial charge in [0, 0.05) is 28.6 Å². The largest absolute Gasteiger partial charge is 0.390 e. The van der Waals surface area contributed by atoms with Crippen molar-refractivity contribution >= 4 is 45.6 Å². The molecule has 0 amide bonds. The molecule has 2 N–H and O–H groups in total. The van der Waals surface area contributed by atoms with Gasteiger partial charge in [0.05, 0.1) is 23.9 Å². The maximum atomic E-state index is 13.1. The third kappa shape index (κ3) is 3.09. The number of aliphatic hydroxyl groups excluding tert-OH is 1. The van der Waals surface area contributed by atoms with E-state index in [0.29, 0.717) is 28.3 Å². The summed E-state index contributed by atoms with van der Waals surface area (Å²) in [6.45, 7) is 3.03. The molecule has 1 fully saturated rings. The lowest BCUT2D eigenvalue weighted by Gasteiger charge is -2.16. The number of fused-ring (bicyclic) bond motifs is 1. The third-order valence-electron chi connectivity index (χ3n) is 4.44. The van der Waals surface area contributed by atoms with Crippen LogP contribution in [0.4, 0.5) is 0 Å². The van der Waals surface area contributed by atoms with Gasteiger partial charge in [-0.15, -0.1) is 23.7 Å². The molecular formula is C17H17Cl2N3O2S. The molecule has 8 heteroatoms. The Kier molecular flexibility index (Phi) is 5.18. The van der Waals surface area contributed by atoms with Crippen molar-refractivity contribution in [3.8, 4) is 11.1 Å². The van der Waals surface area contributed by atoms with E-state index in [4.69, 9.17) is 11.6 Å². The molecule has 0 bridgehead atoms. The number of aryl methyl sites for hydroxylation is 1. The molecule has 3 aromatic rings. The number of aromatic nitrogens is 2. The highest BCUT2D eigenvalue weighted by Crippen LogP contribution is 2.36. The number of nitrogens with one attached hydrogen (secondary N) is 1. The summed E-state index contributed by atoms with van der Waals surface area (Å²) >= 11 is 7.62. The van der Waals surface area contributed by atoms with Crippen molar-refractivity contribution in [3.05, 3.63) is 50.8 Å². The van der Waals surface area contributed by atoms with Crippen LogP contribution in [0.2, 0.25) is 5.02 Å². The van der Waals surface area contributed by atoms with Crippen LogP contribution >= 0.6 is 35.3 Å². The molecular weight excluding hydrogens is 381 g/mol. The molecule has 2 aromatic heterocycles. The van der Waals surface area contributed by atoms with E-state index in [1.165, 1.54) is 11.3 Å². The van der Waals surface area contributed by atoms with Gasteiger partial charge in [-0.05, 0) is 24.6 Å². The van der Waals surface area contributed by atoms with Crippen LogP contribution in [0.15, 0.2) is 35.4 Å². The average molecular weight is 398 g/mol. The molecule has 25 heavy (non-hydrogen) atoms. The second kappa shape index (κ2) is 7.05. The maximum Gasteiger partial charge on any atom is 0.263 e. The lowest BCUT2D eigenvalue weighted by atomic mass is 10.0. The van der Waals surface area contributed by atoms with E-state index >= 15 is 0 Å². The van der Waals surface area contributed by atoms with Gasteiger partial charge >= 0.3 is 0 Å². The topological polar surface area (TPSA) is 67.2 Å². The molecule has 0 saturated carbocycles. The minimum absolute atomic E-state index is 0. The summed E-state index contributed by atoms with van der Waals surface area (Å²) in [5.41, 5.74) is 1.67. The Morgan fingerprint density at radius 2 is 2.20 bits per heavy atom. The van der Waals surface area contributed by atoms with E-state index < -0.39 is 6.10 Å². The molecule has 5 nitrogen and oxygen atoms in total. The van der Waals surface area contributed by atoms with Gasteiger partial charge in [0.2, 0.25) is 0 Å². The summed E-state index contributed by atoms with van der Waals surface area (Å²) in [6, 6.07) is 7.20. The molecule has 132 valence electrons. The molecule has 0 spiro atoms. The number of hydrogen-bond acceptors (Lipinski definition) is 5. The van der Waals surface area contributed by atoms with Gasteiger partial charge in [-0.2, -0.15) is 0 Å². The van der Waals surface area contributed by atoms with Crippen LogP contribution in [0.5, 0.6) is 0 Å². The van der Waals surface area contributed by atoms with Crippen LogP contribution in [-0.2, 0) is 0 Å². The van der Waals surface area contributed by atoms with Crippen LogP contribution in [0, 0.1) is 6.92 Å². The zero-order valence-electron chi connectivity index (χ0n) is 13.4. The highest BCUT2D eigenvalue weighted by Gasteiger charge is 2.28. The molecule has 2 atom stereocenters. The lowest BCUT2D eigenvalue weighted by molar-refractivity contribution is 0.149. The van der Waals surface area contributed by atoms with E-state index in [2.05, 4.69) is 10.3 Å². The minimum atomic E-state index is -0.587. The van der Waals surface area contributed by atoms with Gasteiger partial charge in [0.1, 0.15) is 4.83 Å². The number of β-amino-alcohol motifs (C(OH)–C–C–N with tert-alkyl or cyclic N) is 1.